The highest BCUT2D eigenvalue weighted by atomic mass is 16.5. The fourth-order valence-electron chi connectivity index (χ4n) is 2.97. The normalized spacial score (nSPS) is 17.9. The van der Waals surface area contributed by atoms with Crippen molar-refractivity contribution >= 4 is 17.8 Å². The number of ether oxygens (including phenoxy) is 2. The van der Waals surface area contributed by atoms with Crippen LogP contribution in [0.25, 0.3) is 0 Å². The van der Waals surface area contributed by atoms with E-state index in [9.17, 15) is 14.4 Å². The minimum Gasteiger partial charge on any atom is -0.484 e. The molecule has 2 unspecified atom stereocenters. The van der Waals surface area contributed by atoms with Crippen LogP contribution in [0.4, 0.5) is 0 Å². The molecule has 0 radical (unpaired) electrons. The van der Waals surface area contributed by atoms with E-state index in [1.54, 1.807) is 6.92 Å². The molecule has 2 atom stereocenters. The van der Waals surface area contributed by atoms with Crippen molar-refractivity contribution in [1.29, 1.82) is 0 Å². The smallest absolute Gasteiger partial charge is 0.308 e. The first-order valence-electron chi connectivity index (χ1n) is 9.28. The van der Waals surface area contributed by atoms with Gasteiger partial charge in [-0.25, -0.2) is 0 Å². The number of aryl methyl sites for hydroxylation is 2. The summed E-state index contributed by atoms with van der Waals surface area (Å²) in [6.07, 6.45) is 0.307. The summed E-state index contributed by atoms with van der Waals surface area (Å²) in [6, 6.07) is 4.85. The van der Waals surface area contributed by atoms with E-state index in [0.717, 1.165) is 11.1 Å². The number of nitrogens with one attached hydrogen (secondary N) is 1. The van der Waals surface area contributed by atoms with E-state index in [-0.39, 0.29) is 30.9 Å². The first-order chi connectivity index (χ1) is 12.8. The number of benzene rings is 1. The Bertz CT molecular complexity index is 683. The Hall–Kier alpha value is -2.57. The lowest BCUT2D eigenvalue weighted by molar-refractivity contribution is -0.155. The molecule has 0 saturated carbocycles. The minimum atomic E-state index is -0.870. The Morgan fingerprint density at radius 3 is 2.56 bits per heavy atom. The van der Waals surface area contributed by atoms with Gasteiger partial charge in [-0.1, -0.05) is 13.0 Å². The fraction of sp³-hybridized carbons (Fsp3) is 0.550. The average Bonchev–Trinajstić information content (AvgIpc) is 2.60. The lowest BCUT2D eigenvalue weighted by Crippen LogP contribution is -2.58. The van der Waals surface area contributed by atoms with Crippen LogP contribution in [0, 0.1) is 13.8 Å². The Labute approximate surface area is 160 Å². The number of esters is 1. The Balaban J connectivity index is 2.00. The van der Waals surface area contributed by atoms with Gasteiger partial charge in [0.05, 0.1) is 12.5 Å². The molecule has 1 aliphatic heterocycles. The van der Waals surface area contributed by atoms with Crippen molar-refractivity contribution in [2.45, 2.75) is 52.7 Å². The zero-order chi connectivity index (χ0) is 20.0. The topological polar surface area (TPSA) is 84.9 Å². The second kappa shape index (κ2) is 9.39. The number of hydrogen-bond acceptors (Lipinski definition) is 5. The molecule has 1 fully saturated rings. The van der Waals surface area contributed by atoms with Crippen LogP contribution in [0.5, 0.6) is 5.75 Å². The van der Waals surface area contributed by atoms with Crippen molar-refractivity contribution in [3.63, 3.8) is 0 Å². The van der Waals surface area contributed by atoms with E-state index < -0.39 is 12.0 Å². The number of piperazine rings is 1. The molecule has 0 bridgehead atoms. The highest BCUT2D eigenvalue weighted by Gasteiger charge is 2.35. The molecule has 1 heterocycles. The van der Waals surface area contributed by atoms with Gasteiger partial charge in [0.2, 0.25) is 5.91 Å². The molecular formula is C20H28N2O5. The van der Waals surface area contributed by atoms with Crippen LogP contribution < -0.4 is 10.1 Å². The first kappa shape index (κ1) is 20.7. The van der Waals surface area contributed by atoms with Crippen LogP contribution in [0.3, 0.4) is 0 Å². The number of nitrogens with zero attached hydrogens (tertiary/aromatic N) is 1. The molecule has 1 aliphatic rings. The van der Waals surface area contributed by atoms with Crippen LogP contribution >= 0.6 is 0 Å². The van der Waals surface area contributed by atoms with Crippen LogP contribution in [0.2, 0.25) is 0 Å². The van der Waals surface area contributed by atoms with Crippen molar-refractivity contribution in [2.75, 3.05) is 19.7 Å². The maximum absolute atomic E-state index is 12.6. The Morgan fingerprint density at radius 1 is 1.26 bits per heavy atom. The van der Waals surface area contributed by atoms with Crippen LogP contribution in [-0.2, 0) is 19.1 Å². The van der Waals surface area contributed by atoms with E-state index in [1.165, 1.54) is 4.90 Å². The number of carbonyl (C=O) groups excluding carboxylic acids is 3. The van der Waals surface area contributed by atoms with Gasteiger partial charge in [-0.05, 0) is 50.5 Å². The van der Waals surface area contributed by atoms with Crippen LogP contribution in [-0.4, -0.2) is 54.5 Å². The zero-order valence-electron chi connectivity index (χ0n) is 16.4. The summed E-state index contributed by atoms with van der Waals surface area (Å²) in [5.41, 5.74) is 2.08. The summed E-state index contributed by atoms with van der Waals surface area (Å²) < 4.78 is 10.9. The van der Waals surface area contributed by atoms with Crippen LogP contribution in [0.15, 0.2) is 18.2 Å². The predicted octanol–water partition coefficient (Wildman–Crippen LogP) is 1.74. The summed E-state index contributed by atoms with van der Waals surface area (Å²) in [5.74, 6) is -0.554. The minimum absolute atomic E-state index is 0.161. The lowest BCUT2D eigenvalue weighted by Gasteiger charge is -2.34. The van der Waals surface area contributed by atoms with Gasteiger partial charge in [-0.2, -0.15) is 0 Å². The summed E-state index contributed by atoms with van der Waals surface area (Å²) in [7, 11) is 0. The third kappa shape index (κ3) is 5.98. The molecule has 0 aromatic heterocycles. The number of carbonyl (C=O) groups is 3. The van der Waals surface area contributed by atoms with Gasteiger partial charge >= 0.3 is 5.97 Å². The van der Waals surface area contributed by atoms with Gasteiger partial charge < -0.3 is 19.7 Å². The van der Waals surface area contributed by atoms with Gasteiger partial charge in [-0.3, -0.25) is 14.4 Å². The third-order valence-corrected chi connectivity index (χ3v) is 4.48. The van der Waals surface area contributed by atoms with E-state index in [1.807, 2.05) is 39.0 Å². The molecule has 7 nitrogen and oxygen atoms in total. The molecule has 1 aromatic carbocycles. The SMILES string of the molecule is CCC(C)OC(=O)CC1C(=O)NCCN1C(=O)COc1cc(C)cc(C)c1. The van der Waals surface area contributed by atoms with E-state index >= 15 is 0 Å². The third-order valence-electron chi connectivity index (χ3n) is 4.48. The molecule has 2 rings (SSSR count). The number of rotatable bonds is 7. The van der Waals surface area contributed by atoms with Crippen LogP contribution in [0.1, 0.15) is 37.8 Å². The van der Waals surface area contributed by atoms with E-state index in [0.29, 0.717) is 25.3 Å². The Morgan fingerprint density at radius 2 is 1.93 bits per heavy atom. The lowest BCUT2D eigenvalue weighted by atomic mass is 10.1. The van der Waals surface area contributed by atoms with Gasteiger partial charge in [0.15, 0.2) is 6.61 Å². The number of hydrogen-bond donors (Lipinski definition) is 1. The molecular weight excluding hydrogens is 348 g/mol. The Kier molecular flexibility index (Phi) is 7.21. The maximum Gasteiger partial charge on any atom is 0.308 e. The van der Waals surface area contributed by atoms with Crippen molar-refractivity contribution in [3.05, 3.63) is 29.3 Å². The average molecular weight is 376 g/mol. The van der Waals surface area contributed by atoms with E-state index in [2.05, 4.69) is 5.32 Å². The zero-order valence-corrected chi connectivity index (χ0v) is 16.4. The summed E-state index contributed by atoms with van der Waals surface area (Å²) >= 11 is 0. The molecule has 1 N–H and O–H groups in total. The molecule has 7 heteroatoms. The predicted molar refractivity (Wildman–Crippen MR) is 100 cm³/mol. The molecule has 27 heavy (non-hydrogen) atoms. The van der Waals surface area contributed by atoms with Crippen molar-refractivity contribution in [1.82, 2.24) is 10.2 Å². The van der Waals surface area contributed by atoms with E-state index in [4.69, 9.17) is 9.47 Å². The molecule has 148 valence electrons. The molecule has 0 aliphatic carbocycles. The maximum atomic E-state index is 12.6. The van der Waals surface area contributed by atoms with Gasteiger partial charge in [0.25, 0.3) is 5.91 Å². The van der Waals surface area contributed by atoms with Gasteiger partial charge in [0.1, 0.15) is 11.8 Å². The second-order valence-electron chi connectivity index (χ2n) is 6.92. The summed E-state index contributed by atoms with van der Waals surface area (Å²) in [6.45, 7) is 8.11. The monoisotopic (exact) mass is 376 g/mol. The molecule has 1 aromatic rings. The molecule has 1 saturated heterocycles. The largest absolute Gasteiger partial charge is 0.484 e. The van der Waals surface area contributed by atoms with Gasteiger partial charge in [0, 0.05) is 13.1 Å². The van der Waals surface area contributed by atoms with Crippen molar-refractivity contribution < 1.29 is 23.9 Å². The second-order valence-corrected chi connectivity index (χ2v) is 6.92. The van der Waals surface area contributed by atoms with Gasteiger partial charge in [-0.15, -0.1) is 0 Å². The molecule has 0 spiro atoms. The highest BCUT2D eigenvalue weighted by Crippen LogP contribution is 2.17. The molecule has 2 amide bonds. The standard InChI is InChI=1S/C20H28N2O5/c1-5-15(4)27-19(24)11-17-20(25)21-6-7-22(17)18(23)12-26-16-9-13(2)8-14(3)10-16/h8-10,15,17H,5-7,11-12H2,1-4H3,(H,21,25). The number of amides is 2. The fourth-order valence-corrected chi connectivity index (χ4v) is 2.97. The summed E-state index contributed by atoms with van der Waals surface area (Å²) in [4.78, 5) is 38.3. The van der Waals surface area contributed by atoms with Crippen molar-refractivity contribution in [2.24, 2.45) is 0 Å². The quantitative estimate of drug-likeness (QED) is 0.733. The van der Waals surface area contributed by atoms with Crippen molar-refractivity contribution in [3.8, 4) is 5.75 Å². The summed E-state index contributed by atoms with van der Waals surface area (Å²) in [5, 5.41) is 2.70. The highest BCUT2D eigenvalue weighted by molar-refractivity contribution is 5.92. The first-order valence-corrected chi connectivity index (χ1v) is 9.28.